The first kappa shape index (κ1) is 27.1. The van der Waals surface area contributed by atoms with E-state index in [0.717, 1.165) is 13.1 Å². The lowest BCUT2D eigenvalue weighted by Gasteiger charge is -2.20. The summed E-state index contributed by atoms with van der Waals surface area (Å²) in [6.07, 6.45) is -1.91. The maximum Gasteiger partial charge on any atom is 0.542 e. The summed E-state index contributed by atoms with van der Waals surface area (Å²) in [5.74, 6) is 0. The van der Waals surface area contributed by atoms with Crippen molar-refractivity contribution in [2.45, 2.75) is 20.8 Å². The number of halogens is 2. The molecule has 0 saturated carbocycles. The molecule has 20 heavy (non-hydrogen) atoms. The van der Waals surface area contributed by atoms with Gasteiger partial charge >= 0.3 is 6.16 Å². The van der Waals surface area contributed by atoms with Gasteiger partial charge in [-0.2, -0.15) is 0 Å². The minimum absolute atomic E-state index is 0. The molecule has 0 radical (unpaired) electrons. The van der Waals surface area contributed by atoms with Gasteiger partial charge in [0.25, 0.3) is 10.4 Å². The average molecular weight is 338 g/mol. The molecule has 0 atom stereocenters. The van der Waals surface area contributed by atoms with E-state index in [9.17, 15) is 4.53 Å². The van der Waals surface area contributed by atoms with Gasteiger partial charge in [-0.05, 0) is 33.0 Å². The third kappa shape index (κ3) is 30.0. The second kappa shape index (κ2) is 20.0. The fraction of sp³-hybridized carbons (Fsp3) is 0.667. The van der Waals surface area contributed by atoms with Crippen molar-refractivity contribution in [3.8, 4) is 0 Å². The molecule has 0 spiro atoms. The van der Waals surface area contributed by atoms with Crippen LogP contribution in [0.2, 0.25) is 0 Å². The monoisotopic (exact) mass is 338 g/mol. The number of hydrogen-bond acceptors (Lipinski definition) is 5. The Kier molecular flexibility index (Phi) is 27.0. The van der Waals surface area contributed by atoms with Crippen LogP contribution >= 0.6 is 24.8 Å². The van der Waals surface area contributed by atoms with Gasteiger partial charge in [0.1, 0.15) is 0 Å². The van der Waals surface area contributed by atoms with E-state index in [1.807, 2.05) is 11.8 Å². The number of nitrogens with zero attached hydrogens (tertiary/aromatic N) is 1. The molecule has 0 aliphatic heterocycles. The molecule has 0 aliphatic carbocycles. The summed E-state index contributed by atoms with van der Waals surface area (Å²) < 4.78 is 15.2. The van der Waals surface area contributed by atoms with Gasteiger partial charge in [0.15, 0.2) is 0 Å². The highest BCUT2D eigenvalue weighted by molar-refractivity contribution is 7.96. The van der Waals surface area contributed by atoms with Crippen molar-refractivity contribution >= 4 is 41.4 Å². The maximum absolute atomic E-state index is 10.0. The van der Waals surface area contributed by atoms with Crippen molar-refractivity contribution < 1.29 is 33.6 Å². The Morgan fingerprint density at radius 1 is 1.35 bits per heavy atom. The minimum Gasteiger partial charge on any atom is -0.471 e. The number of carbonyl (C=O) groups is 2. The van der Waals surface area contributed by atoms with Crippen molar-refractivity contribution in [1.29, 1.82) is 0 Å². The zero-order valence-electron chi connectivity index (χ0n) is 11.4. The lowest BCUT2D eigenvalue weighted by molar-refractivity contribution is -0.0884. The summed E-state index contributed by atoms with van der Waals surface area (Å²) in [6.45, 7) is 8.58. The Morgan fingerprint density at radius 2 is 1.65 bits per heavy atom. The van der Waals surface area contributed by atoms with E-state index in [2.05, 4.69) is 37.2 Å². The molecule has 3 N–H and O–H groups in total. The summed E-state index contributed by atoms with van der Waals surface area (Å²) >= 11 is 8.08. The molecule has 1 amide bonds. The van der Waals surface area contributed by atoms with Gasteiger partial charge in [-0.1, -0.05) is 12.6 Å². The van der Waals surface area contributed by atoms with Crippen LogP contribution in [-0.4, -0.2) is 46.3 Å². The number of primary amides is 1. The number of hydrogen-bond donors (Lipinski definition) is 3. The Morgan fingerprint density at radius 3 is 1.80 bits per heavy atom. The molecule has 0 fully saturated rings. The zero-order valence-corrected chi connectivity index (χ0v) is 13.1. The standard InChI is InChI=1S/C7H15NOS.CHFO3.CH3NOS.FH/c1-4-8(5-2)7(10)9-6-3;2-5-1(3)4;2-1(3)4;/h4-6H2,1-3H3;(H,3,4);(H3,2,3,4);1H. The first-order valence-electron chi connectivity index (χ1n) is 5.18. The average Bonchev–Trinajstić information content (AvgIpc) is 2.31. The Balaban J connectivity index is -0.000000108. The molecule has 0 rings (SSSR count). The van der Waals surface area contributed by atoms with Gasteiger partial charge in [-0.3, -0.25) is 9.50 Å². The Bertz CT molecular complexity index is 265. The van der Waals surface area contributed by atoms with Crippen molar-refractivity contribution in [2.24, 2.45) is 5.73 Å². The topological polar surface area (TPSA) is 102 Å². The van der Waals surface area contributed by atoms with E-state index in [-0.39, 0.29) is 4.70 Å². The summed E-state index contributed by atoms with van der Waals surface area (Å²) in [4.78, 5) is 22.0. The van der Waals surface area contributed by atoms with Crippen LogP contribution in [0.5, 0.6) is 0 Å². The highest BCUT2D eigenvalue weighted by Gasteiger charge is 2.03. The normalized spacial score (nSPS) is 7.45. The molecule has 0 aromatic carbocycles. The second-order valence-electron chi connectivity index (χ2n) is 2.55. The van der Waals surface area contributed by atoms with E-state index < -0.39 is 11.4 Å². The molecule has 0 saturated heterocycles. The summed E-state index contributed by atoms with van der Waals surface area (Å²) in [7, 11) is 0. The quantitative estimate of drug-likeness (QED) is 0.536. The van der Waals surface area contributed by atoms with Gasteiger partial charge in [-0.25, -0.2) is 9.74 Å². The van der Waals surface area contributed by atoms with Crippen LogP contribution in [0.4, 0.5) is 18.8 Å². The molecule has 0 unspecified atom stereocenters. The second-order valence-corrected chi connectivity index (χ2v) is 3.34. The van der Waals surface area contributed by atoms with E-state index >= 15 is 0 Å². The fourth-order valence-electron chi connectivity index (χ4n) is 0.697. The fourth-order valence-corrected chi connectivity index (χ4v) is 1.07. The smallest absolute Gasteiger partial charge is 0.471 e. The number of thiol groups is 1. The molecule has 7 nitrogen and oxygen atoms in total. The molecule has 122 valence electrons. The number of carbonyl (C=O) groups excluding carboxylic acids is 1. The predicted molar refractivity (Wildman–Crippen MR) is 78.4 cm³/mol. The van der Waals surface area contributed by atoms with Gasteiger partial charge in [0.05, 0.1) is 6.61 Å². The summed E-state index contributed by atoms with van der Waals surface area (Å²) in [5.41, 5.74) is 4.34. The number of rotatable bonds is 3. The molecule has 0 aromatic heterocycles. The SMILES string of the molecule is CCOC(=S)N(CC)CC.F.NC(=O)S.O=C(O)OF. The largest absolute Gasteiger partial charge is 0.542 e. The molecule has 0 bridgehead atoms. The minimum atomic E-state index is -1.91. The first-order chi connectivity index (χ1) is 8.76. The highest BCUT2D eigenvalue weighted by Crippen LogP contribution is 1.92. The number of carboxylic acid groups (broad SMARTS) is 1. The third-order valence-corrected chi connectivity index (χ3v) is 1.73. The first-order valence-corrected chi connectivity index (χ1v) is 6.03. The Labute approximate surface area is 126 Å². The van der Waals surface area contributed by atoms with Crippen LogP contribution in [0.1, 0.15) is 20.8 Å². The van der Waals surface area contributed by atoms with Crippen molar-refractivity contribution in [3.63, 3.8) is 0 Å². The lowest BCUT2D eigenvalue weighted by Crippen LogP contribution is -2.30. The van der Waals surface area contributed by atoms with Crippen LogP contribution in [0, 0.1) is 0 Å². The van der Waals surface area contributed by atoms with Gasteiger partial charge in [-0.15, -0.1) is 0 Å². The van der Waals surface area contributed by atoms with Crippen molar-refractivity contribution in [3.05, 3.63) is 0 Å². The van der Waals surface area contributed by atoms with Crippen LogP contribution in [0.15, 0.2) is 0 Å². The maximum atomic E-state index is 10.0. The summed E-state index contributed by atoms with van der Waals surface area (Å²) in [6, 6.07) is 0. The van der Waals surface area contributed by atoms with Crippen LogP contribution in [-0.2, 0) is 9.68 Å². The molecular weight excluding hydrogens is 318 g/mol. The van der Waals surface area contributed by atoms with Crippen LogP contribution in [0.3, 0.4) is 0 Å². The number of ether oxygens (including phenoxy) is 1. The molecular formula is C9H20F2N2O5S2. The lowest BCUT2D eigenvalue weighted by atomic mass is 10.6. The van der Waals surface area contributed by atoms with Crippen LogP contribution < -0.4 is 5.73 Å². The predicted octanol–water partition coefficient (Wildman–Crippen LogP) is 2.36. The molecule has 0 aromatic rings. The zero-order chi connectivity index (χ0) is 15.8. The Hall–Kier alpha value is -1.36. The van der Waals surface area contributed by atoms with Gasteiger partial charge in [0.2, 0.25) is 0 Å². The van der Waals surface area contributed by atoms with E-state index in [4.69, 9.17) is 31.7 Å². The molecule has 11 heteroatoms. The van der Waals surface area contributed by atoms with E-state index in [1.54, 1.807) is 0 Å². The third-order valence-electron chi connectivity index (χ3n) is 1.36. The molecule has 0 heterocycles. The number of amides is 1. The number of nitrogens with two attached hydrogens (primary N) is 1. The van der Waals surface area contributed by atoms with Gasteiger partial charge in [0, 0.05) is 17.6 Å². The number of thiocarbonyl (C=S) groups is 1. The van der Waals surface area contributed by atoms with Gasteiger partial charge < -0.3 is 20.5 Å². The highest BCUT2D eigenvalue weighted by atomic mass is 32.1. The van der Waals surface area contributed by atoms with Crippen molar-refractivity contribution in [2.75, 3.05) is 19.7 Å². The summed E-state index contributed by atoms with van der Waals surface area (Å²) in [5, 5.41) is 7.10. The van der Waals surface area contributed by atoms with Crippen molar-refractivity contribution in [1.82, 2.24) is 4.90 Å². The van der Waals surface area contributed by atoms with E-state index in [1.165, 1.54) is 0 Å². The van der Waals surface area contributed by atoms with Crippen LogP contribution in [0.25, 0.3) is 0 Å². The molecule has 0 aliphatic rings. The van der Waals surface area contributed by atoms with E-state index in [0.29, 0.717) is 11.8 Å².